The molecule has 4 nitrogen and oxygen atoms in total. The summed E-state index contributed by atoms with van der Waals surface area (Å²) < 4.78 is 23.7. The lowest BCUT2D eigenvalue weighted by molar-refractivity contribution is 0.554. The van der Waals surface area contributed by atoms with Gasteiger partial charge in [0.2, 0.25) is 6.08 Å². The molecule has 0 atom stereocenters. The minimum Gasteiger partial charge on any atom is -0.224 e. The van der Waals surface area contributed by atoms with Crippen molar-refractivity contribution in [3.63, 3.8) is 0 Å². The third-order valence-electron chi connectivity index (χ3n) is 3.48. The summed E-state index contributed by atoms with van der Waals surface area (Å²) in [4.78, 5) is 14.6. The van der Waals surface area contributed by atoms with Crippen molar-refractivity contribution in [3.05, 3.63) is 28.8 Å². The van der Waals surface area contributed by atoms with E-state index in [1.54, 1.807) is 12.1 Å². The minimum absolute atomic E-state index is 0.280. The molecule has 0 amide bonds. The number of sulfone groups is 1. The number of hydrogen-bond donors (Lipinski definition) is 0. The van der Waals surface area contributed by atoms with Crippen molar-refractivity contribution >= 4 is 15.9 Å². The number of nitrogens with zero attached hydrogens (tertiary/aromatic N) is 1. The molecule has 0 aromatic heterocycles. The Morgan fingerprint density at radius 1 is 1.22 bits per heavy atom. The SMILES string of the molecule is Cc1cc(C2(N=C=O)CC2)c(S(C)(=O)=O)cc1C. The van der Waals surface area contributed by atoms with Gasteiger partial charge in [-0.1, -0.05) is 6.07 Å². The van der Waals surface area contributed by atoms with Crippen LogP contribution in [0.15, 0.2) is 22.0 Å². The van der Waals surface area contributed by atoms with Gasteiger partial charge in [-0.3, -0.25) is 0 Å². The van der Waals surface area contributed by atoms with E-state index < -0.39 is 15.4 Å². The monoisotopic (exact) mass is 265 g/mol. The van der Waals surface area contributed by atoms with Gasteiger partial charge < -0.3 is 0 Å². The molecule has 1 saturated carbocycles. The van der Waals surface area contributed by atoms with E-state index >= 15 is 0 Å². The van der Waals surface area contributed by atoms with Gasteiger partial charge in [0.15, 0.2) is 9.84 Å². The Morgan fingerprint density at radius 3 is 2.22 bits per heavy atom. The standard InChI is InChI=1S/C13H15NO3S/c1-9-6-11(13(4-5-13)14-8-15)12(7-10(9)2)18(3,16)17/h6-7H,4-5H2,1-3H3. The number of aliphatic imine (C=N–C) groups is 1. The Balaban J connectivity index is 2.74. The summed E-state index contributed by atoms with van der Waals surface area (Å²) >= 11 is 0. The van der Waals surface area contributed by atoms with Gasteiger partial charge >= 0.3 is 0 Å². The summed E-state index contributed by atoms with van der Waals surface area (Å²) in [5, 5.41) is 0. The molecule has 0 bridgehead atoms. The smallest absolute Gasteiger partial charge is 0.224 e. The summed E-state index contributed by atoms with van der Waals surface area (Å²) in [7, 11) is -3.32. The van der Waals surface area contributed by atoms with Gasteiger partial charge in [0.1, 0.15) is 0 Å². The first kappa shape index (κ1) is 13.0. The van der Waals surface area contributed by atoms with E-state index in [-0.39, 0.29) is 4.90 Å². The van der Waals surface area contributed by atoms with E-state index in [1.165, 1.54) is 6.26 Å². The van der Waals surface area contributed by atoms with Crippen LogP contribution in [0.1, 0.15) is 29.5 Å². The van der Waals surface area contributed by atoms with Crippen LogP contribution in [0, 0.1) is 13.8 Å². The summed E-state index contributed by atoms with van der Waals surface area (Å²) in [5.74, 6) is 0. The number of hydrogen-bond acceptors (Lipinski definition) is 4. The summed E-state index contributed by atoms with van der Waals surface area (Å²) in [6.07, 6.45) is 4.15. The zero-order valence-electron chi connectivity index (χ0n) is 10.6. The third kappa shape index (κ3) is 2.11. The fourth-order valence-electron chi connectivity index (χ4n) is 2.11. The Labute approximate surface area is 107 Å². The highest BCUT2D eigenvalue weighted by atomic mass is 32.2. The van der Waals surface area contributed by atoms with Crippen molar-refractivity contribution in [3.8, 4) is 0 Å². The van der Waals surface area contributed by atoms with Crippen LogP contribution in [0.2, 0.25) is 0 Å². The average Bonchev–Trinajstić information content (AvgIpc) is 3.01. The highest BCUT2D eigenvalue weighted by molar-refractivity contribution is 7.90. The third-order valence-corrected chi connectivity index (χ3v) is 4.62. The van der Waals surface area contributed by atoms with Crippen molar-refractivity contribution in [2.24, 2.45) is 4.99 Å². The van der Waals surface area contributed by atoms with E-state index in [0.717, 1.165) is 11.1 Å². The maximum absolute atomic E-state index is 11.9. The second-order valence-electron chi connectivity index (χ2n) is 4.94. The quantitative estimate of drug-likeness (QED) is 0.620. The van der Waals surface area contributed by atoms with Crippen molar-refractivity contribution in [2.45, 2.75) is 37.1 Å². The molecule has 2 rings (SSSR count). The molecule has 1 aromatic carbocycles. The molecule has 5 heteroatoms. The molecular formula is C13H15NO3S. The Morgan fingerprint density at radius 2 is 1.78 bits per heavy atom. The number of benzene rings is 1. The minimum atomic E-state index is -3.32. The van der Waals surface area contributed by atoms with E-state index in [1.807, 2.05) is 19.9 Å². The van der Waals surface area contributed by atoms with E-state index in [9.17, 15) is 13.2 Å². The molecule has 1 fully saturated rings. The molecule has 0 unspecified atom stereocenters. The lowest BCUT2D eigenvalue weighted by atomic mass is 9.99. The number of isocyanates is 1. The predicted octanol–water partition coefficient (Wildman–Crippen LogP) is 2.03. The van der Waals surface area contributed by atoms with Crippen LogP contribution < -0.4 is 0 Å². The van der Waals surface area contributed by atoms with E-state index in [2.05, 4.69) is 4.99 Å². The van der Waals surface area contributed by atoms with Gasteiger partial charge in [0.25, 0.3) is 0 Å². The number of carbonyl (C=O) groups excluding carboxylic acids is 1. The summed E-state index contributed by atoms with van der Waals surface area (Å²) in [6.45, 7) is 3.79. The van der Waals surface area contributed by atoms with Gasteiger partial charge in [0, 0.05) is 6.26 Å². The lowest BCUT2D eigenvalue weighted by Crippen LogP contribution is -2.11. The average molecular weight is 265 g/mol. The van der Waals surface area contributed by atoms with E-state index in [0.29, 0.717) is 18.4 Å². The second kappa shape index (κ2) is 4.04. The van der Waals surface area contributed by atoms with Crippen molar-refractivity contribution in [1.29, 1.82) is 0 Å². The first-order valence-electron chi connectivity index (χ1n) is 5.71. The summed E-state index contributed by atoms with van der Waals surface area (Å²) in [5.41, 5.74) is 1.91. The van der Waals surface area contributed by atoms with Crippen LogP contribution in [0.3, 0.4) is 0 Å². The molecule has 1 aliphatic rings. The van der Waals surface area contributed by atoms with Crippen molar-refractivity contribution < 1.29 is 13.2 Å². The van der Waals surface area contributed by atoms with Gasteiger partial charge in [-0.25, -0.2) is 13.2 Å². The van der Waals surface area contributed by atoms with Gasteiger partial charge in [0.05, 0.1) is 10.4 Å². The van der Waals surface area contributed by atoms with Crippen LogP contribution in [-0.4, -0.2) is 20.8 Å². The zero-order valence-corrected chi connectivity index (χ0v) is 11.5. The topological polar surface area (TPSA) is 63.6 Å². The maximum Gasteiger partial charge on any atom is 0.235 e. The van der Waals surface area contributed by atoms with Crippen LogP contribution in [0.25, 0.3) is 0 Å². The number of aryl methyl sites for hydroxylation is 2. The Kier molecular flexibility index (Phi) is 2.92. The van der Waals surface area contributed by atoms with Crippen LogP contribution >= 0.6 is 0 Å². The Hall–Kier alpha value is -1.45. The normalized spacial score (nSPS) is 17.1. The van der Waals surface area contributed by atoms with Crippen molar-refractivity contribution in [2.75, 3.05) is 6.26 Å². The molecule has 0 heterocycles. The predicted molar refractivity (Wildman–Crippen MR) is 68.1 cm³/mol. The molecule has 96 valence electrons. The molecule has 1 aromatic rings. The van der Waals surface area contributed by atoms with Crippen molar-refractivity contribution in [1.82, 2.24) is 0 Å². The molecule has 1 aliphatic carbocycles. The first-order valence-corrected chi connectivity index (χ1v) is 7.60. The van der Waals surface area contributed by atoms with Gasteiger partial charge in [-0.2, -0.15) is 4.99 Å². The van der Waals surface area contributed by atoms with Gasteiger partial charge in [-0.15, -0.1) is 0 Å². The Bertz CT molecular complexity index is 651. The summed E-state index contributed by atoms with van der Waals surface area (Å²) in [6, 6.07) is 3.50. The highest BCUT2D eigenvalue weighted by Crippen LogP contribution is 2.51. The molecular weight excluding hydrogens is 250 g/mol. The largest absolute Gasteiger partial charge is 0.235 e. The van der Waals surface area contributed by atoms with Crippen LogP contribution in [-0.2, 0) is 20.2 Å². The maximum atomic E-state index is 11.9. The first-order chi connectivity index (χ1) is 8.30. The lowest BCUT2D eigenvalue weighted by Gasteiger charge is -2.15. The molecule has 0 aliphatic heterocycles. The fourth-order valence-corrected chi connectivity index (χ4v) is 3.15. The second-order valence-corrected chi connectivity index (χ2v) is 6.92. The molecule has 0 N–H and O–H groups in total. The molecule has 0 radical (unpaired) electrons. The number of rotatable bonds is 3. The van der Waals surface area contributed by atoms with Crippen LogP contribution in [0.5, 0.6) is 0 Å². The molecule has 18 heavy (non-hydrogen) atoms. The highest BCUT2D eigenvalue weighted by Gasteiger charge is 2.47. The van der Waals surface area contributed by atoms with E-state index in [4.69, 9.17) is 0 Å². The molecule has 0 saturated heterocycles. The van der Waals surface area contributed by atoms with Crippen LogP contribution in [0.4, 0.5) is 0 Å². The molecule has 0 spiro atoms. The zero-order chi connectivity index (χ0) is 13.6. The van der Waals surface area contributed by atoms with Gasteiger partial charge in [-0.05, 0) is 49.4 Å². The fraction of sp³-hybridized carbons (Fsp3) is 0.462.